The molecule has 2 aromatic carbocycles. The van der Waals surface area contributed by atoms with Gasteiger partial charge in [-0.15, -0.1) is 0 Å². The summed E-state index contributed by atoms with van der Waals surface area (Å²) in [4.78, 5) is 17.6. The van der Waals surface area contributed by atoms with E-state index in [-0.39, 0.29) is 5.91 Å². The summed E-state index contributed by atoms with van der Waals surface area (Å²) in [6.45, 7) is 0.828. The molecule has 0 saturated carbocycles. The molecule has 1 amide bonds. The number of carbonyl (C=O) groups is 1. The van der Waals surface area contributed by atoms with Crippen LogP contribution < -0.4 is 5.32 Å². The van der Waals surface area contributed by atoms with E-state index in [0.717, 1.165) is 28.7 Å². The van der Waals surface area contributed by atoms with Crippen LogP contribution in [0.2, 0.25) is 5.02 Å². The molecule has 1 aromatic heterocycles. The number of amides is 1. The summed E-state index contributed by atoms with van der Waals surface area (Å²) in [5.41, 5.74) is 3.34. The van der Waals surface area contributed by atoms with Crippen LogP contribution in [0.1, 0.15) is 16.1 Å². The highest BCUT2D eigenvalue weighted by Gasteiger charge is 2.10. The minimum Gasteiger partial charge on any atom is -0.351 e. The maximum absolute atomic E-state index is 12.4. The second-order valence-electron chi connectivity index (χ2n) is 5.81. The predicted octanol–water partition coefficient (Wildman–Crippen LogP) is 4.14. The van der Waals surface area contributed by atoms with Crippen LogP contribution in [-0.4, -0.2) is 29.9 Å². The number of halogens is 1. The number of H-pyrrole nitrogens is 1. The minimum absolute atomic E-state index is 0.167. The SMILES string of the molecule is CN(C)Cc1cccc(NC(=O)c2cc3cc(Cl)ccc3[nH]2)c1. The zero-order valence-corrected chi connectivity index (χ0v) is 13.8. The number of aromatic amines is 1. The van der Waals surface area contributed by atoms with Crippen LogP contribution in [0.5, 0.6) is 0 Å². The van der Waals surface area contributed by atoms with E-state index in [2.05, 4.69) is 15.2 Å². The molecule has 1 heterocycles. The molecular weight excluding hydrogens is 310 g/mol. The Hall–Kier alpha value is -2.30. The Morgan fingerprint density at radius 1 is 1.17 bits per heavy atom. The van der Waals surface area contributed by atoms with E-state index < -0.39 is 0 Å². The van der Waals surface area contributed by atoms with Gasteiger partial charge < -0.3 is 15.2 Å². The minimum atomic E-state index is -0.167. The van der Waals surface area contributed by atoms with Crippen molar-refractivity contribution in [2.45, 2.75) is 6.54 Å². The Morgan fingerprint density at radius 3 is 2.78 bits per heavy atom. The highest BCUT2D eigenvalue weighted by atomic mass is 35.5. The molecule has 0 fully saturated rings. The lowest BCUT2D eigenvalue weighted by molar-refractivity contribution is 0.102. The van der Waals surface area contributed by atoms with Gasteiger partial charge in [0.1, 0.15) is 5.69 Å². The standard InChI is InChI=1S/C18H18ClN3O/c1-22(2)11-12-4-3-5-15(8-12)20-18(23)17-10-13-9-14(19)6-7-16(13)21-17/h3-10,21H,11H2,1-2H3,(H,20,23). The molecule has 0 spiro atoms. The zero-order chi connectivity index (χ0) is 16.4. The normalized spacial score (nSPS) is 11.1. The van der Waals surface area contributed by atoms with Gasteiger partial charge in [-0.25, -0.2) is 0 Å². The van der Waals surface area contributed by atoms with Gasteiger partial charge in [-0.1, -0.05) is 23.7 Å². The third kappa shape index (κ3) is 3.73. The molecule has 0 atom stereocenters. The molecular formula is C18H18ClN3O. The van der Waals surface area contributed by atoms with Crippen molar-refractivity contribution in [2.75, 3.05) is 19.4 Å². The van der Waals surface area contributed by atoms with Crippen molar-refractivity contribution >= 4 is 34.1 Å². The first-order chi connectivity index (χ1) is 11.0. The first kappa shape index (κ1) is 15.6. The Kier molecular flexibility index (Phi) is 4.37. The number of anilines is 1. The lowest BCUT2D eigenvalue weighted by Gasteiger charge is -2.11. The molecule has 0 aliphatic carbocycles. The van der Waals surface area contributed by atoms with Gasteiger partial charge in [0.15, 0.2) is 0 Å². The van der Waals surface area contributed by atoms with Gasteiger partial charge in [-0.2, -0.15) is 0 Å². The molecule has 0 radical (unpaired) electrons. The summed E-state index contributed by atoms with van der Waals surface area (Å²) in [7, 11) is 4.03. The highest BCUT2D eigenvalue weighted by molar-refractivity contribution is 6.31. The maximum atomic E-state index is 12.4. The molecule has 23 heavy (non-hydrogen) atoms. The van der Waals surface area contributed by atoms with E-state index >= 15 is 0 Å². The van der Waals surface area contributed by atoms with Crippen molar-refractivity contribution in [2.24, 2.45) is 0 Å². The van der Waals surface area contributed by atoms with E-state index in [1.54, 1.807) is 12.1 Å². The number of nitrogens with zero attached hydrogens (tertiary/aromatic N) is 1. The summed E-state index contributed by atoms with van der Waals surface area (Å²) in [5.74, 6) is -0.167. The second-order valence-corrected chi connectivity index (χ2v) is 6.24. The third-order valence-electron chi connectivity index (χ3n) is 3.51. The fraction of sp³-hybridized carbons (Fsp3) is 0.167. The zero-order valence-electron chi connectivity index (χ0n) is 13.1. The summed E-state index contributed by atoms with van der Waals surface area (Å²) in [6.07, 6.45) is 0. The molecule has 0 bridgehead atoms. The predicted molar refractivity (Wildman–Crippen MR) is 95.1 cm³/mol. The molecule has 0 aliphatic heterocycles. The molecule has 3 aromatic rings. The van der Waals surface area contributed by atoms with Crippen molar-refractivity contribution < 1.29 is 4.79 Å². The number of benzene rings is 2. The van der Waals surface area contributed by atoms with Gasteiger partial charge in [0.25, 0.3) is 5.91 Å². The van der Waals surface area contributed by atoms with Crippen LogP contribution in [0.4, 0.5) is 5.69 Å². The first-order valence-electron chi connectivity index (χ1n) is 7.34. The second kappa shape index (κ2) is 6.44. The average Bonchev–Trinajstić information content (AvgIpc) is 2.90. The van der Waals surface area contributed by atoms with E-state index in [9.17, 15) is 4.79 Å². The third-order valence-corrected chi connectivity index (χ3v) is 3.75. The number of hydrogen-bond acceptors (Lipinski definition) is 2. The van der Waals surface area contributed by atoms with Gasteiger partial charge in [0.2, 0.25) is 0 Å². The monoisotopic (exact) mass is 327 g/mol. The number of fused-ring (bicyclic) bond motifs is 1. The van der Waals surface area contributed by atoms with Crippen LogP contribution >= 0.6 is 11.6 Å². The Bertz CT molecular complexity index is 854. The Labute approximate surface area is 140 Å². The molecule has 5 heteroatoms. The van der Waals surface area contributed by atoms with Crippen LogP contribution in [0.3, 0.4) is 0 Å². The van der Waals surface area contributed by atoms with Crippen molar-refractivity contribution in [3.8, 4) is 0 Å². The van der Waals surface area contributed by atoms with Crippen molar-refractivity contribution in [1.29, 1.82) is 0 Å². The number of hydrogen-bond donors (Lipinski definition) is 2. The molecule has 3 rings (SSSR count). The molecule has 0 unspecified atom stereocenters. The fourth-order valence-electron chi connectivity index (χ4n) is 2.54. The Morgan fingerprint density at radius 2 is 2.00 bits per heavy atom. The number of aromatic nitrogens is 1. The van der Waals surface area contributed by atoms with E-state index in [4.69, 9.17) is 11.6 Å². The first-order valence-corrected chi connectivity index (χ1v) is 7.72. The average molecular weight is 328 g/mol. The number of rotatable bonds is 4. The van der Waals surface area contributed by atoms with Gasteiger partial charge in [0, 0.05) is 28.2 Å². The molecule has 0 aliphatic rings. The lowest BCUT2D eigenvalue weighted by Crippen LogP contribution is -2.13. The smallest absolute Gasteiger partial charge is 0.272 e. The van der Waals surface area contributed by atoms with Crippen LogP contribution in [0.25, 0.3) is 10.9 Å². The van der Waals surface area contributed by atoms with Gasteiger partial charge in [0.05, 0.1) is 0 Å². The Balaban J connectivity index is 1.80. The van der Waals surface area contributed by atoms with Crippen LogP contribution in [0, 0.1) is 0 Å². The van der Waals surface area contributed by atoms with E-state index in [1.807, 2.05) is 50.5 Å². The molecule has 4 nitrogen and oxygen atoms in total. The van der Waals surface area contributed by atoms with Crippen molar-refractivity contribution in [1.82, 2.24) is 9.88 Å². The maximum Gasteiger partial charge on any atom is 0.272 e. The fourth-order valence-corrected chi connectivity index (χ4v) is 2.72. The van der Waals surface area contributed by atoms with Crippen molar-refractivity contribution in [3.63, 3.8) is 0 Å². The summed E-state index contributed by atoms with van der Waals surface area (Å²) < 4.78 is 0. The molecule has 2 N–H and O–H groups in total. The topological polar surface area (TPSA) is 48.1 Å². The van der Waals surface area contributed by atoms with Crippen molar-refractivity contribution in [3.05, 3.63) is 64.8 Å². The van der Waals surface area contributed by atoms with Gasteiger partial charge >= 0.3 is 0 Å². The van der Waals surface area contributed by atoms with Crippen LogP contribution in [0.15, 0.2) is 48.5 Å². The van der Waals surface area contributed by atoms with Gasteiger partial charge in [-0.05, 0) is 56.1 Å². The quantitative estimate of drug-likeness (QED) is 0.756. The van der Waals surface area contributed by atoms with E-state index in [1.165, 1.54) is 0 Å². The number of carbonyl (C=O) groups excluding carboxylic acids is 1. The van der Waals surface area contributed by atoms with Crippen LogP contribution in [-0.2, 0) is 6.54 Å². The summed E-state index contributed by atoms with van der Waals surface area (Å²) >= 11 is 5.98. The van der Waals surface area contributed by atoms with E-state index in [0.29, 0.717) is 10.7 Å². The van der Waals surface area contributed by atoms with Gasteiger partial charge in [-0.3, -0.25) is 4.79 Å². The molecule has 0 saturated heterocycles. The summed E-state index contributed by atoms with van der Waals surface area (Å²) in [5, 5.41) is 4.50. The lowest BCUT2D eigenvalue weighted by atomic mass is 10.2. The molecule has 118 valence electrons. The number of nitrogens with one attached hydrogen (secondary N) is 2. The highest BCUT2D eigenvalue weighted by Crippen LogP contribution is 2.21. The largest absolute Gasteiger partial charge is 0.351 e. The summed E-state index contributed by atoms with van der Waals surface area (Å²) in [6, 6.07) is 15.2.